The predicted octanol–water partition coefficient (Wildman–Crippen LogP) is 3.07. The summed E-state index contributed by atoms with van der Waals surface area (Å²) in [7, 11) is -3.74. The molecule has 0 spiro atoms. The van der Waals surface area contributed by atoms with Gasteiger partial charge in [0.25, 0.3) is 0 Å². The first-order chi connectivity index (χ1) is 15.7. The molecule has 8 nitrogen and oxygen atoms in total. The molecule has 3 rings (SSSR count). The number of nitrogens with one attached hydrogen (secondary N) is 3. The van der Waals surface area contributed by atoms with Crippen LogP contribution in [0.15, 0.2) is 45.9 Å². The number of sulfonamides is 1. The summed E-state index contributed by atoms with van der Waals surface area (Å²) in [5.41, 5.74) is 6.29. The molecule has 1 amide bonds. The van der Waals surface area contributed by atoms with Gasteiger partial charge in [0.2, 0.25) is 15.9 Å². The third-order valence-electron chi connectivity index (χ3n) is 5.71. The zero-order valence-corrected chi connectivity index (χ0v) is 20.8. The average Bonchev–Trinajstić information content (AvgIpc) is 2.78. The summed E-state index contributed by atoms with van der Waals surface area (Å²) in [6, 6.07) is 7.07. The molecule has 0 radical (unpaired) electrons. The molecule has 1 unspecified atom stereocenters. The Morgan fingerprint density at radius 2 is 1.91 bits per heavy atom. The normalized spacial score (nSPS) is 19.6. The second-order valence-corrected chi connectivity index (χ2v) is 10.7. The summed E-state index contributed by atoms with van der Waals surface area (Å²) in [6.07, 6.45) is 3.60. The molecule has 1 heterocycles. The van der Waals surface area contributed by atoms with E-state index in [1.165, 1.54) is 24.4 Å². The van der Waals surface area contributed by atoms with Gasteiger partial charge in [-0.2, -0.15) is 0 Å². The standard InChI is InChI=1S/C22H29BrFN5O3S/c1-14(15-2-6-17(24)7-3-15)28-22(30)16-4-8-18(9-5-16)29-33(31,32)19-12-20(23)21(27-13-19)26-11-10-25/h2-3,6-7,12-14,16,18,29H,4-5,8-11,25H2,1H3,(H,26,27)(H,28,30). The van der Waals surface area contributed by atoms with Gasteiger partial charge in [0.15, 0.2) is 0 Å². The number of pyridine rings is 1. The fraction of sp³-hybridized carbons (Fsp3) is 0.455. The number of nitrogens with zero attached hydrogens (tertiary/aromatic N) is 1. The minimum absolute atomic E-state index is 0.0677. The molecular weight excluding hydrogens is 513 g/mol. The largest absolute Gasteiger partial charge is 0.368 e. The summed E-state index contributed by atoms with van der Waals surface area (Å²) in [4.78, 5) is 16.9. The van der Waals surface area contributed by atoms with E-state index in [2.05, 4.69) is 36.3 Å². The lowest BCUT2D eigenvalue weighted by molar-refractivity contribution is -0.126. The zero-order valence-electron chi connectivity index (χ0n) is 18.4. The van der Waals surface area contributed by atoms with Crippen LogP contribution in [-0.4, -0.2) is 38.4 Å². The molecule has 0 saturated heterocycles. The van der Waals surface area contributed by atoms with Crippen LogP contribution < -0.4 is 21.1 Å². The number of nitrogens with two attached hydrogens (primary N) is 1. The third-order valence-corrected chi connectivity index (χ3v) is 7.80. The van der Waals surface area contributed by atoms with Crippen LogP contribution in [0.3, 0.4) is 0 Å². The van der Waals surface area contributed by atoms with Gasteiger partial charge in [0, 0.05) is 31.2 Å². The maximum Gasteiger partial charge on any atom is 0.242 e. The van der Waals surface area contributed by atoms with Gasteiger partial charge in [-0.05, 0) is 72.3 Å². The van der Waals surface area contributed by atoms with Crippen LogP contribution in [0, 0.1) is 11.7 Å². The van der Waals surface area contributed by atoms with Crippen LogP contribution in [0.4, 0.5) is 10.2 Å². The van der Waals surface area contributed by atoms with Gasteiger partial charge >= 0.3 is 0 Å². The highest BCUT2D eigenvalue weighted by Crippen LogP contribution is 2.28. The van der Waals surface area contributed by atoms with E-state index in [0.717, 1.165) is 5.56 Å². The molecule has 0 aliphatic heterocycles. The Morgan fingerprint density at radius 1 is 1.24 bits per heavy atom. The predicted molar refractivity (Wildman–Crippen MR) is 129 cm³/mol. The van der Waals surface area contributed by atoms with Crippen LogP contribution in [0.5, 0.6) is 0 Å². The van der Waals surface area contributed by atoms with Crippen molar-refractivity contribution in [3.05, 3.63) is 52.4 Å². The first-order valence-corrected chi connectivity index (χ1v) is 13.1. The van der Waals surface area contributed by atoms with Gasteiger partial charge in [-0.25, -0.2) is 22.5 Å². The topological polar surface area (TPSA) is 126 Å². The molecule has 1 aromatic carbocycles. The third kappa shape index (κ3) is 6.95. The van der Waals surface area contributed by atoms with E-state index in [4.69, 9.17) is 5.73 Å². The number of aromatic nitrogens is 1. The number of benzene rings is 1. The minimum Gasteiger partial charge on any atom is -0.368 e. The maximum atomic E-state index is 13.1. The summed E-state index contributed by atoms with van der Waals surface area (Å²) in [5.74, 6) is -0.0413. The lowest BCUT2D eigenvalue weighted by Crippen LogP contribution is -2.41. The molecular formula is C22H29BrFN5O3S. The van der Waals surface area contributed by atoms with Crippen molar-refractivity contribution >= 4 is 37.7 Å². The summed E-state index contributed by atoms with van der Waals surface area (Å²) >= 11 is 3.34. The molecule has 1 fully saturated rings. The van der Waals surface area contributed by atoms with Gasteiger partial charge < -0.3 is 16.4 Å². The van der Waals surface area contributed by atoms with Crippen molar-refractivity contribution in [1.29, 1.82) is 0 Å². The molecule has 180 valence electrons. The molecule has 1 atom stereocenters. The first-order valence-electron chi connectivity index (χ1n) is 10.9. The van der Waals surface area contributed by atoms with E-state index < -0.39 is 10.0 Å². The van der Waals surface area contributed by atoms with Gasteiger partial charge in [-0.1, -0.05) is 12.1 Å². The first kappa shape index (κ1) is 25.5. The molecule has 1 saturated carbocycles. The lowest BCUT2D eigenvalue weighted by atomic mass is 9.85. The second-order valence-electron chi connectivity index (χ2n) is 8.17. The number of amides is 1. The van der Waals surface area contributed by atoms with E-state index in [0.29, 0.717) is 49.1 Å². The molecule has 2 aromatic rings. The molecule has 1 aromatic heterocycles. The van der Waals surface area contributed by atoms with Gasteiger partial charge in [-0.15, -0.1) is 0 Å². The Hall–Kier alpha value is -2.08. The van der Waals surface area contributed by atoms with Crippen LogP contribution in [-0.2, 0) is 14.8 Å². The number of halogens is 2. The average molecular weight is 542 g/mol. The Labute approximate surface area is 202 Å². The Kier molecular flexibility index (Phi) is 8.80. The van der Waals surface area contributed by atoms with E-state index in [1.54, 1.807) is 12.1 Å². The zero-order chi connectivity index (χ0) is 24.0. The number of carbonyl (C=O) groups is 1. The van der Waals surface area contributed by atoms with Crippen molar-refractivity contribution in [1.82, 2.24) is 15.0 Å². The van der Waals surface area contributed by atoms with E-state index in [-0.39, 0.29) is 34.6 Å². The molecule has 5 N–H and O–H groups in total. The quantitative estimate of drug-likeness (QED) is 0.386. The van der Waals surface area contributed by atoms with Crippen LogP contribution in [0.25, 0.3) is 0 Å². The van der Waals surface area contributed by atoms with Gasteiger partial charge in [0.05, 0.1) is 10.5 Å². The molecule has 11 heteroatoms. The highest BCUT2D eigenvalue weighted by Gasteiger charge is 2.30. The molecule has 0 bridgehead atoms. The van der Waals surface area contributed by atoms with E-state index in [1.807, 2.05) is 6.92 Å². The number of rotatable bonds is 9. The number of anilines is 1. The lowest BCUT2D eigenvalue weighted by Gasteiger charge is -2.29. The van der Waals surface area contributed by atoms with Crippen molar-refractivity contribution in [2.75, 3.05) is 18.4 Å². The molecule has 33 heavy (non-hydrogen) atoms. The van der Waals surface area contributed by atoms with Crippen LogP contribution in [0.2, 0.25) is 0 Å². The van der Waals surface area contributed by atoms with Crippen molar-refractivity contribution in [2.24, 2.45) is 11.7 Å². The van der Waals surface area contributed by atoms with Crippen LogP contribution in [0.1, 0.15) is 44.2 Å². The van der Waals surface area contributed by atoms with Crippen LogP contribution >= 0.6 is 15.9 Å². The fourth-order valence-corrected chi connectivity index (χ4v) is 5.73. The SMILES string of the molecule is CC(NC(=O)C1CCC(NS(=O)(=O)c2cnc(NCCN)c(Br)c2)CC1)c1ccc(F)cc1. The Morgan fingerprint density at radius 3 is 2.52 bits per heavy atom. The van der Waals surface area contributed by atoms with Crippen molar-refractivity contribution in [3.63, 3.8) is 0 Å². The van der Waals surface area contributed by atoms with E-state index >= 15 is 0 Å². The number of hydrogen-bond acceptors (Lipinski definition) is 6. The Balaban J connectivity index is 1.52. The summed E-state index contributed by atoms with van der Waals surface area (Å²) < 4.78 is 42.0. The van der Waals surface area contributed by atoms with E-state index in [9.17, 15) is 17.6 Å². The monoisotopic (exact) mass is 541 g/mol. The minimum atomic E-state index is -3.74. The highest BCUT2D eigenvalue weighted by molar-refractivity contribution is 9.10. The Bertz CT molecular complexity index is 1060. The van der Waals surface area contributed by atoms with Gasteiger partial charge in [-0.3, -0.25) is 4.79 Å². The van der Waals surface area contributed by atoms with Crippen molar-refractivity contribution in [2.45, 2.75) is 49.6 Å². The van der Waals surface area contributed by atoms with Gasteiger partial charge in [0.1, 0.15) is 16.5 Å². The molecule has 1 aliphatic carbocycles. The smallest absolute Gasteiger partial charge is 0.242 e. The maximum absolute atomic E-state index is 13.1. The number of hydrogen-bond donors (Lipinski definition) is 4. The highest BCUT2D eigenvalue weighted by atomic mass is 79.9. The van der Waals surface area contributed by atoms with Crippen molar-refractivity contribution < 1.29 is 17.6 Å². The van der Waals surface area contributed by atoms with Crippen molar-refractivity contribution in [3.8, 4) is 0 Å². The summed E-state index contributed by atoms with van der Waals surface area (Å²) in [5, 5.41) is 5.98. The summed E-state index contributed by atoms with van der Waals surface area (Å²) in [6.45, 7) is 2.81. The molecule has 1 aliphatic rings. The second kappa shape index (κ2) is 11.4. The fourth-order valence-electron chi connectivity index (χ4n) is 3.81. The number of carbonyl (C=O) groups excluding carboxylic acids is 1.